The molecule has 1 aliphatic rings. The van der Waals surface area contributed by atoms with Crippen molar-refractivity contribution in [3.63, 3.8) is 0 Å². The Morgan fingerprint density at radius 1 is 1.25 bits per heavy atom. The Kier molecular flexibility index (Phi) is 6.04. The number of amides is 1. The molecule has 1 aliphatic carbocycles. The van der Waals surface area contributed by atoms with Crippen LogP contribution in [0.25, 0.3) is 5.69 Å². The van der Waals surface area contributed by atoms with Gasteiger partial charge in [0.25, 0.3) is 0 Å². The maximum absolute atomic E-state index is 13.1. The van der Waals surface area contributed by atoms with Crippen LogP contribution in [0.1, 0.15) is 50.2 Å². The highest BCUT2D eigenvalue weighted by Gasteiger charge is 2.40. The number of carbonyl (C=O) groups is 1. The van der Waals surface area contributed by atoms with Gasteiger partial charge in [-0.1, -0.05) is 37.1 Å². The van der Waals surface area contributed by atoms with E-state index in [0.717, 1.165) is 48.9 Å². The number of carbonyl (C=O) groups excluding carboxylic acids is 1. The minimum Gasteiger partial charge on any atom is -0.326 e. The first-order valence-corrected chi connectivity index (χ1v) is 10.5. The summed E-state index contributed by atoms with van der Waals surface area (Å²) in [5.74, 6) is -0.0663. The number of nitrogens with zero attached hydrogens (tertiary/aromatic N) is 6. The second-order valence-electron chi connectivity index (χ2n) is 7.58. The number of aryl methyl sites for hydroxylation is 2. The summed E-state index contributed by atoms with van der Waals surface area (Å²) in [6.07, 6.45) is 4.57. The third-order valence-electron chi connectivity index (χ3n) is 5.38. The lowest BCUT2D eigenvalue weighted by molar-refractivity contribution is -0.133. The number of hydrogen-bond acceptors (Lipinski definition) is 6. The predicted octanol–water partition coefficient (Wildman–Crippen LogP) is 3.44. The van der Waals surface area contributed by atoms with Gasteiger partial charge in [0.15, 0.2) is 0 Å². The first-order valence-electron chi connectivity index (χ1n) is 9.59. The van der Waals surface area contributed by atoms with Crippen molar-refractivity contribution >= 4 is 17.7 Å². The monoisotopic (exact) mass is 398 g/mol. The summed E-state index contributed by atoms with van der Waals surface area (Å²) in [6, 6.07) is 8.53. The lowest BCUT2D eigenvalue weighted by atomic mass is 9.81. The fourth-order valence-electron chi connectivity index (χ4n) is 3.84. The first-order chi connectivity index (χ1) is 13.4. The van der Waals surface area contributed by atoms with Gasteiger partial charge in [0.2, 0.25) is 11.1 Å². The second kappa shape index (κ2) is 8.31. The van der Waals surface area contributed by atoms with Crippen molar-refractivity contribution in [3.05, 3.63) is 29.3 Å². The quantitative estimate of drug-likeness (QED) is 0.717. The molecule has 0 aliphatic heterocycles. The highest BCUT2D eigenvalue weighted by atomic mass is 32.2. The van der Waals surface area contributed by atoms with E-state index in [1.54, 1.807) is 16.6 Å². The summed E-state index contributed by atoms with van der Waals surface area (Å²) in [6.45, 7) is 5.90. The fourth-order valence-corrected chi connectivity index (χ4v) is 4.74. The van der Waals surface area contributed by atoms with Crippen LogP contribution in [0.5, 0.6) is 0 Å². The van der Waals surface area contributed by atoms with Crippen LogP contribution in [-0.4, -0.2) is 48.9 Å². The van der Waals surface area contributed by atoms with E-state index in [2.05, 4.69) is 27.7 Å². The Bertz CT molecular complexity index is 876. The average molecular weight is 399 g/mol. The molecule has 0 spiro atoms. The van der Waals surface area contributed by atoms with Gasteiger partial charge in [-0.3, -0.25) is 4.79 Å². The number of aromatic nitrogens is 4. The largest absolute Gasteiger partial charge is 0.326 e. The molecule has 1 atom stereocenters. The Labute approximate surface area is 170 Å². The maximum Gasteiger partial charge on any atom is 0.236 e. The first kappa shape index (κ1) is 20.3. The van der Waals surface area contributed by atoms with Crippen LogP contribution in [0, 0.1) is 25.2 Å². The molecule has 0 saturated heterocycles. The zero-order valence-corrected chi connectivity index (χ0v) is 17.7. The molecule has 1 amide bonds. The SMILES string of the molecule is Cc1cc(C)cc(-n2nnnc2S[C@@H](C)C(=O)N(C)C2(C#N)CCCCC2)c1. The zero-order valence-electron chi connectivity index (χ0n) is 16.8. The average Bonchev–Trinajstić information content (AvgIpc) is 3.14. The summed E-state index contributed by atoms with van der Waals surface area (Å²) >= 11 is 1.32. The molecule has 8 heteroatoms. The van der Waals surface area contributed by atoms with Crippen molar-refractivity contribution in [1.82, 2.24) is 25.1 Å². The van der Waals surface area contributed by atoms with Gasteiger partial charge in [-0.05, 0) is 67.3 Å². The van der Waals surface area contributed by atoms with Crippen molar-refractivity contribution in [2.45, 2.75) is 68.8 Å². The molecular weight excluding hydrogens is 372 g/mol. The van der Waals surface area contributed by atoms with Crippen molar-refractivity contribution in [3.8, 4) is 11.8 Å². The van der Waals surface area contributed by atoms with Crippen LogP contribution in [0.2, 0.25) is 0 Å². The van der Waals surface area contributed by atoms with Gasteiger partial charge in [-0.15, -0.1) is 5.10 Å². The second-order valence-corrected chi connectivity index (χ2v) is 8.89. The Morgan fingerprint density at radius 2 is 1.89 bits per heavy atom. The van der Waals surface area contributed by atoms with E-state index in [0.29, 0.717) is 5.16 Å². The summed E-state index contributed by atoms with van der Waals surface area (Å²) in [7, 11) is 1.75. The molecule has 3 rings (SSSR count). The molecule has 28 heavy (non-hydrogen) atoms. The lowest BCUT2D eigenvalue weighted by Crippen LogP contribution is -2.52. The minimum atomic E-state index is -0.691. The third-order valence-corrected chi connectivity index (χ3v) is 6.40. The zero-order chi connectivity index (χ0) is 20.3. The number of thioether (sulfide) groups is 1. The van der Waals surface area contributed by atoms with Crippen molar-refractivity contribution in [1.29, 1.82) is 5.26 Å². The van der Waals surface area contributed by atoms with Gasteiger partial charge in [-0.2, -0.15) is 9.94 Å². The summed E-state index contributed by atoms with van der Waals surface area (Å²) in [5, 5.41) is 21.9. The summed E-state index contributed by atoms with van der Waals surface area (Å²) in [4.78, 5) is 14.7. The van der Waals surface area contributed by atoms with Crippen LogP contribution in [-0.2, 0) is 4.79 Å². The van der Waals surface area contributed by atoms with E-state index in [1.807, 2.05) is 32.9 Å². The van der Waals surface area contributed by atoms with Crippen LogP contribution in [0.4, 0.5) is 0 Å². The Hall–Kier alpha value is -2.40. The van der Waals surface area contributed by atoms with Crippen LogP contribution in [0.15, 0.2) is 23.4 Å². The van der Waals surface area contributed by atoms with Crippen molar-refractivity contribution < 1.29 is 4.79 Å². The number of tetrazole rings is 1. The van der Waals surface area contributed by atoms with E-state index in [-0.39, 0.29) is 5.91 Å². The number of rotatable bonds is 5. The number of nitriles is 1. The number of hydrogen-bond donors (Lipinski definition) is 0. The molecule has 1 aromatic carbocycles. The molecular formula is C20H26N6OS. The van der Waals surface area contributed by atoms with Crippen LogP contribution in [0.3, 0.4) is 0 Å². The molecule has 1 fully saturated rings. The van der Waals surface area contributed by atoms with Crippen molar-refractivity contribution in [2.24, 2.45) is 0 Å². The Morgan fingerprint density at radius 3 is 2.50 bits per heavy atom. The van der Waals surface area contributed by atoms with E-state index < -0.39 is 10.8 Å². The van der Waals surface area contributed by atoms with E-state index >= 15 is 0 Å². The molecule has 0 unspecified atom stereocenters. The molecule has 1 aromatic heterocycles. The van der Waals surface area contributed by atoms with Gasteiger partial charge in [0, 0.05) is 7.05 Å². The van der Waals surface area contributed by atoms with Gasteiger partial charge >= 0.3 is 0 Å². The highest BCUT2D eigenvalue weighted by molar-refractivity contribution is 8.00. The molecule has 1 saturated carbocycles. The van der Waals surface area contributed by atoms with E-state index in [4.69, 9.17) is 0 Å². The third kappa shape index (κ3) is 4.04. The molecule has 7 nitrogen and oxygen atoms in total. The maximum atomic E-state index is 13.1. The standard InChI is InChI=1S/C20H26N6OS/c1-14-10-15(2)12-17(11-14)26-19(22-23-24-26)28-16(3)18(27)25(4)20(13-21)8-6-5-7-9-20/h10-12,16H,5-9H2,1-4H3/t16-/m0/s1. The smallest absolute Gasteiger partial charge is 0.236 e. The van der Waals surface area contributed by atoms with Crippen LogP contribution < -0.4 is 0 Å². The minimum absolute atomic E-state index is 0.0663. The number of benzene rings is 1. The van der Waals surface area contributed by atoms with Gasteiger partial charge in [0.1, 0.15) is 5.54 Å². The van der Waals surface area contributed by atoms with E-state index in [1.165, 1.54) is 11.8 Å². The van der Waals surface area contributed by atoms with E-state index in [9.17, 15) is 10.1 Å². The summed E-state index contributed by atoms with van der Waals surface area (Å²) < 4.78 is 1.66. The van der Waals surface area contributed by atoms with Gasteiger partial charge in [0.05, 0.1) is 17.0 Å². The lowest BCUT2D eigenvalue weighted by Gasteiger charge is -2.40. The fraction of sp³-hybridized carbons (Fsp3) is 0.550. The van der Waals surface area contributed by atoms with Crippen molar-refractivity contribution in [2.75, 3.05) is 7.05 Å². The molecule has 0 radical (unpaired) electrons. The van der Waals surface area contributed by atoms with Gasteiger partial charge in [-0.25, -0.2) is 0 Å². The normalized spacial score (nSPS) is 17.0. The molecule has 148 valence electrons. The Balaban J connectivity index is 1.78. The predicted molar refractivity (Wildman–Crippen MR) is 108 cm³/mol. The molecule has 0 N–H and O–H groups in total. The topological polar surface area (TPSA) is 87.7 Å². The summed E-state index contributed by atoms with van der Waals surface area (Å²) in [5.41, 5.74) is 2.43. The van der Waals surface area contributed by atoms with Gasteiger partial charge < -0.3 is 4.90 Å². The molecule has 0 bridgehead atoms. The molecule has 1 heterocycles. The highest BCUT2D eigenvalue weighted by Crippen LogP contribution is 2.34. The molecule has 2 aromatic rings. The van der Waals surface area contributed by atoms with Crippen LogP contribution >= 0.6 is 11.8 Å².